The van der Waals surface area contributed by atoms with Crippen molar-refractivity contribution in [1.29, 1.82) is 0 Å². The highest BCUT2D eigenvalue weighted by Gasteiger charge is 2.08. The minimum atomic E-state index is -0.314. The minimum Gasteiger partial charge on any atom is -0.343 e. The van der Waals surface area contributed by atoms with Crippen LogP contribution in [0.15, 0.2) is 79.4 Å². The molecule has 0 saturated carbocycles. The summed E-state index contributed by atoms with van der Waals surface area (Å²) >= 11 is 0. The Labute approximate surface area is 184 Å². The SMILES string of the molecule is Cc1nccn1-c1cc(Nc2ccc(NC(=O)CNC(=O)c3ccccc3)cc2)ncn1. The molecule has 0 atom stereocenters. The Morgan fingerprint density at radius 2 is 1.69 bits per heavy atom. The third kappa shape index (κ3) is 5.14. The van der Waals surface area contributed by atoms with E-state index >= 15 is 0 Å². The van der Waals surface area contributed by atoms with E-state index in [0.29, 0.717) is 22.9 Å². The van der Waals surface area contributed by atoms with E-state index in [-0.39, 0.29) is 18.4 Å². The molecular weight excluding hydrogens is 406 g/mol. The molecule has 32 heavy (non-hydrogen) atoms. The molecule has 4 rings (SSSR count). The van der Waals surface area contributed by atoms with Crippen LogP contribution in [-0.2, 0) is 4.79 Å². The Morgan fingerprint density at radius 1 is 0.938 bits per heavy atom. The van der Waals surface area contributed by atoms with E-state index in [1.165, 1.54) is 6.33 Å². The van der Waals surface area contributed by atoms with E-state index in [4.69, 9.17) is 0 Å². The molecule has 0 aliphatic carbocycles. The van der Waals surface area contributed by atoms with Crippen LogP contribution >= 0.6 is 0 Å². The first-order valence-corrected chi connectivity index (χ1v) is 9.91. The van der Waals surface area contributed by atoms with Crippen LogP contribution in [-0.4, -0.2) is 37.9 Å². The molecule has 9 nitrogen and oxygen atoms in total. The van der Waals surface area contributed by atoms with Gasteiger partial charge in [-0.2, -0.15) is 0 Å². The van der Waals surface area contributed by atoms with E-state index in [2.05, 4.69) is 30.9 Å². The number of nitrogens with one attached hydrogen (secondary N) is 3. The maximum atomic E-state index is 12.1. The van der Waals surface area contributed by atoms with Crippen molar-refractivity contribution in [2.24, 2.45) is 0 Å². The molecule has 2 heterocycles. The fourth-order valence-corrected chi connectivity index (χ4v) is 3.01. The van der Waals surface area contributed by atoms with Crippen LogP contribution in [0.25, 0.3) is 5.82 Å². The van der Waals surface area contributed by atoms with Crippen LogP contribution < -0.4 is 16.0 Å². The van der Waals surface area contributed by atoms with Gasteiger partial charge in [-0.05, 0) is 43.3 Å². The molecule has 4 aromatic rings. The van der Waals surface area contributed by atoms with Gasteiger partial charge >= 0.3 is 0 Å². The van der Waals surface area contributed by atoms with Gasteiger partial charge in [-0.15, -0.1) is 0 Å². The molecule has 0 radical (unpaired) electrons. The van der Waals surface area contributed by atoms with Crippen molar-refractivity contribution < 1.29 is 9.59 Å². The highest BCUT2D eigenvalue weighted by atomic mass is 16.2. The fraction of sp³-hybridized carbons (Fsp3) is 0.0870. The summed E-state index contributed by atoms with van der Waals surface area (Å²) < 4.78 is 1.86. The molecule has 2 aromatic carbocycles. The number of anilines is 3. The van der Waals surface area contributed by atoms with E-state index in [9.17, 15) is 9.59 Å². The monoisotopic (exact) mass is 427 g/mol. The second kappa shape index (κ2) is 9.52. The summed E-state index contributed by atoms with van der Waals surface area (Å²) in [5, 5.41) is 8.57. The Bertz CT molecular complexity index is 1220. The molecular formula is C23H21N7O2. The number of hydrogen-bond acceptors (Lipinski definition) is 6. The van der Waals surface area contributed by atoms with Gasteiger partial charge in [0.15, 0.2) is 0 Å². The average Bonchev–Trinajstić information content (AvgIpc) is 3.25. The maximum absolute atomic E-state index is 12.1. The zero-order valence-corrected chi connectivity index (χ0v) is 17.3. The van der Waals surface area contributed by atoms with Crippen molar-refractivity contribution in [3.05, 3.63) is 90.8 Å². The summed E-state index contributed by atoms with van der Waals surface area (Å²) in [6.07, 6.45) is 5.03. The lowest BCUT2D eigenvalue weighted by molar-refractivity contribution is -0.115. The average molecular weight is 427 g/mol. The molecule has 3 N–H and O–H groups in total. The van der Waals surface area contributed by atoms with Crippen LogP contribution in [0.3, 0.4) is 0 Å². The molecule has 160 valence electrons. The second-order valence-corrected chi connectivity index (χ2v) is 6.91. The Balaban J connectivity index is 1.32. The fourth-order valence-electron chi connectivity index (χ4n) is 3.01. The molecule has 0 spiro atoms. The summed E-state index contributed by atoms with van der Waals surface area (Å²) in [7, 11) is 0. The van der Waals surface area contributed by atoms with Gasteiger partial charge in [0.05, 0.1) is 6.54 Å². The van der Waals surface area contributed by atoms with Crippen LogP contribution in [0.4, 0.5) is 17.2 Å². The normalized spacial score (nSPS) is 10.4. The Morgan fingerprint density at radius 3 is 2.41 bits per heavy atom. The van der Waals surface area contributed by atoms with Crippen molar-refractivity contribution in [3.63, 3.8) is 0 Å². The first kappa shape index (κ1) is 20.7. The number of hydrogen-bond donors (Lipinski definition) is 3. The molecule has 2 aromatic heterocycles. The maximum Gasteiger partial charge on any atom is 0.251 e. The van der Waals surface area contributed by atoms with E-state index in [1.54, 1.807) is 42.6 Å². The number of amides is 2. The number of aromatic nitrogens is 4. The Kier molecular flexibility index (Phi) is 6.17. The van der Waals surface area contributed by atoms with Gasteiger partial charge < -0.3 is 16.0 Å². The summed E-state index contributed by atoms with van der Waals surface area (Å²) in [6.45, 7) is 1.78. The van der Waals surface area contributed by atoms with Crippen LogP contribution in [0.1, 0.15) is 16.2 Å². The van der Waals surface area contributed by atoms with Crippen molar-refractivity contribution in [3.8, 4) is 5.82 Å². The summed E-state index contributed by atoms with van der Waals surface area (Å²) in [6, 6.07) is 17.7. The van der Waals surface area contributed by atoms with Gasteiger partial charge in [0.1, 0.15) is 23.8 Å². The number of rotatable bonds is 7. The first-order chi connectivity index (χ1) is 15.6. The quantitative estimate of drug-likeness (QED) is 0.418. The molecule has 0 unspecified atom stereocenters. The van der Waals surface area contributed by atoms with E-state index < -0.39 is 0 Å². The molecule has 0 saturated heterocycles. The van der Waals surface area contributed by atoms with Crippen LogP contribution in [0.5, 0.6) is 0 Å². The molecule has 0 bridgehead atoms. The molecule has 9 heteroatoms. The highest BCUT2D eigenvalue weighted by Crippen LogP contribution is 2.19. The predicted molar refractivity (Wildman–Crippen MR) is 121 cm³/mol. The minimum absolute atomic E-state index is 0.120. The van der Waals surface area contributed by atoms with E-state index in [1.807, 2.05) is 42.0 Å². The lowest BCUT2D eigenvalue weighted by Gasteiger charge is -2.10. The number of imidazole rings is 1. The van der Waals surface area contributed by atoms with Crippen molar-refractivity contribution >= 4 is 29.0 Å². The number of benzene rings is 2. The zero-order valence-electron chi connectivity index (χ0n) is 17.3. The van der Waals surface area contributed by atoms with Gasteiger partial charge in [0.25, 0.3) is 5.91 Å². The second-order valence-electron chi connectivity index (χ2n) is 6.91. The molecule has 2 amide bonds. The molecule has 0 aliphatic rings. The topological polar surface area (TPSA) is 114 Å². The Hall–Kier alpha value is -4.53. The predicted octanol–water partition coefficient (Wildman–Crippen LogP) is 3.08. The smallest absolute Gasteiger partial charge is 0.251 e. The van der Waals surface area contributed by atoms with Gasteiger partial charge in [-0.25, -0.2) is 15.0 Å². The lowest BCUT2D eigenvalue weighted by Crippen LogP contribution is -2.32. The van der Waals surface area contributed by atoms with E-state index in [0.717, 1.165) is 11.5 Å². The first-order valence-electron chi connectivity index (χ1n) is 9.91. The highest BCUT2D eigenvalue weighted by molar-refractivity contribution is 5.99. The zero-order chi connectivity index (χ0) is 22.3. The van der Waals surface area contributed by atoms with Gasteiger partial charge in [0.2, 0.25) is 5.91 Å². The number of nitrogens with zero attached hydrogens (tertiary/aromatic N) is 4. The third-order valence-corrected chi connectivity index (χ3v) is 4.61. The number of carbonyl (C=O) groups excluding carboxylic acids is 2. The molecule has 0 fully saturated rings. The van der Waals surface area contributed by atoms with Crippen LogP contribution in [0.2, 0.25) is 0 Å². The van der Waals surface area contributed by atoms with Crippen molar-refractivity contribution in [2.45, 2.75) is 6.92 Å². The van der Waals surface area contributed by atoms with Crippen molar-refractivity contribution in [2.75, 3.05) is 17.2 Å². The largest absolute Gasteiger partial charge is 0.343 e. The van der Waals surface area contributed by atoms with Crippen molar-refractivity contribution in [1.82, 2.24) is 24.8 Å². The van der Waals surface area contributed by atoms with Gasteiger partial charge in [-0.3, -0.25) is 14.2 Å². The summed E-state index contributed by atoms with van der Waals surface area (Å²) in [5.41, 5.74) is 1.92. The lowest BCUT2D eigenvalue weighted by atomic mass is 10.2. The standard InChI is InChI=1S/C23H21N7O2/c1-16-24-11-12-30(16)21-13-20(26-15-27-21)28-18-7-9-19(10-8-18)29-22(31)14-25-23(32)17-5-3-2-4-6-17/h2-13,15H,14H2,1H3,(H,25,32)(H,29,31)(H,26,27,28). The number of aryl methyl sites for hydroxylation is 1. The third-order valence-electron chi connectivity index (χ3n) is 4.61. The van der Waals surface area contributed by atoms with Crippen LogP contribution in [0, 0.1) is 6.92 Å². The van der Waals surface area contributed by atoms with Gasteiger partial charge in [-0.1, -0.05) is 18.2 Å². The van der Waals surface area contributed by atoms with Gasteiger partial charge in [0, 0.05) is 35.4 Å². The summed E-state index contributed by atoms with van der Waals surface area (Å²) in [4.78, 5) is 36.9. The number of carbonyl (C=O) groups is 2. The summed E-state index contributed by atoms with van der Waals surface area (Å²) in [5.74, 6) is 1.55. The molecule has 0 aliphatic heterocycles.